The van der Waals surface area contributed by atoms with Gasteiger partial charge in [-0.1, -0.05) is 42.0 Å². The summed E-state index contributed by atoms with van der Waals surface area (Å²) in [6.45, 7) is 2.32. The summed E-state index contributed by atoms with van der Waals surface area (Å²) >= 11 is 0. The SMILES string of the molecule is C/C=C\C=C/C1=NC(COc2cccc3c2CC(CC2CCC(=O)CCC2=O)=CC3=O)=CCC1. The molecule has 176 valence electrons. The van der Waals surface area contributed by atoms with Crippen LogP contribution in [0.5, 0.6) is 5.75 Å². The zero-order valence-electron chi connectivity index (χ0n) is 19.7. The summed E-state index contributed by atoms with van der Waals surface area (Å²) in [6.07, 6.45) is 16.4. The van der Waals surface area contributed by atoms with Gasteiger partial charge < -0.3 is 4.74 Å². The number of benzene rings is 1. The molecule has 0 aromatic heterocycles. The third kappa shape index (κ3) is 5.96. The first kappa shape index (κ1) is 23.8. The molecule has 1 saturated carbocycles. The largest absolute Gasteiger partial charge is 0.487 e. The first-order chi connectivity index (χ1) is 16.5. The van der Waals surface area contributed by atoms with E-state index in [0.29, 0.717) is 56.4 Å². The minimum absolute atomic E-state index is 0.0508. The third-order valence-corrected chi connectivity index (χ3v) is 6.56. The zero-order valence-corrected chi connectivity index (χ0v) is 19.7. The van der Waals surface area contributed by atoms with Gasteiger partial charge in [0.05, 0.1) is 5.70 Å². The lowest BCUT2D eigenvalue weighted by atomic mass is 9.83. The molecule has 0 N–H and O–H groups in total. The highest BCUT2D eigenvalue weighted by Crippen LogP contribution is 2.34. The Morgan fingerprint density at radius 1 is 1.09 bits per heavy atom. The van der Waals surface area contributed by atoms with E-state index in [4.69, 9.17) is 9.73 Å². The Bertz CT molecular complexity index is 1130. The Kier molecular flexibility index (Phi) is 7.84. The van der Waals surface area contributed by atoms with Gasteiger partial charge in [-0.25, -0.2) is 0 Å². The predicted octanol–water partition coefficient (Wildman–Crippen LogP) is 5.70. The summed E-state index contributed by atoms with van der Waals surface area (Å²) in [5, 5.41) is 0. The zero-order chi connectivity index (χ0) is 23.9. The van der Waals surface area contributed by atoms with E-state index in [1.807, 2.05) is 49.4 Å². The fraction of sp³-hybridized carbons (Fsp3) is 0.379. The molecule has 5 nitrogen and oxygen atoms in total. The molecule has 0 saturated heterocycles. The number of fused-ring (bicyclic) bond motifs is 1. The Hall–Kier alpha value is -3.34. The molecule has 5 heteroatoms. The summed E-state index contributed by atoms with van der Waals surface area (Å²) in [4.78, 5) is 41.8. The second-order valence-corrected chi connectivity index (χ2v) is 9.08. The maximum atomic E-state index is 12.8. The number of ether oxygens (including phenoxy) is 1. The van der Waals surface area contributed by atoms with E-state index in [1.54, 1.807) is 6.08 Å². The van der Waals surface area contributed by atoms with Gasteiger partial charge in [0.25, 0.3) is 0 Å². The molecule has 0 bridgehead atoms. The molecule has 1 unspecified atom stereocenters. The molecule has 0 amide bonds. The van der Waals surface area contributed by atoms with Crippen LogP contribution in [-0.4, -0.2) is 29.7 Å². The first-order valence-electron chi connectivity index (χ1n) is 12.1. The number of carbonyl (C=O) groups is 3. The van der Waals surface area contributed by atoms with Crippen molar-refractivity contribution in [1.82, 2.24) is 0 Å². The number of allylic oxidation sites excluding steroid dienone is 7. The molecule has 4 rings (SSSR count). The van der Waals surface area contributed by atoms with Crippen molar-refractivity contribution in [3.8, 4) is 5.75 Å². The minimum Gasteiger partial charge on any atom is -0.487 e. The van der Waals surface area contributed by atoms with Gasteiger partial charge in [-0.15, -0.1) is 0 Å². The average molecular weight is 458 g/mol. The molecule has 3 aliphatic rings. The van der Waals surface area contributed by atoms with E-state index in [9.17, 15) is 14.4 Å². The van der Waals surface area contributed by atoms with Crippen LogP contribution in [0.1, 0.15) is 67.8 Å². The average Bonchev–Trinajstić information content (AvgIpc) is 2.99. The molecule has 1 heterocycles. The molecule has 34 heavy (non-hydrogen) atoms. The van der Waals surface area contributed by atoms with Crippen molar-refractivity contribution in [2.45, 2.75) is 58.3 Å². The van der Waals surface area contributed by atoms with Gasteiger partial charge in [-0.2, -0.15) is 0 Å². The van der Waals surface area contributed by atoms with Gasteiger partial charge in [0, 0.05) is 42.0 Å². The van der Waals surface area contributed by atoms with Gasteiger partial charge in [-0.3, -0.25) is 19.4 Å². The molecule has 2 aliphatic carbocycles. The van der Waals surface area contributed by atoms with Crippen LogP contribution in [0, 0.1) is 5.92 Å². The van der Waals surface area contributed by atoms with Crippen LogP contribution in [0.3, 0.4) is 0 Å². The standard InChI is InChI=1S/C29H31NO4/c1-2-3-4-7-22-8-5-9-23(30-22)19-34-29-11-6-10-25-26(29)17-20(18-28(25)33)16-21-12-13-24(31)14-15-27(21)32/h2-4,6-7,9-11,18,21H,5,8,12-17,19H2,1H3/b3-2-,7-4-. The predicted molar refractivity (Wildman–Crippen MR) is 133 cm³/mol. The van der Waals surface area contributed by atoms with Gasteiger partial charge in [0.1, 0.15) is 23.9 Å². The van der Waals surface area contributed by atoms with Crippen molar-refractivity contribution in [2.24, 2.45) is 10.9 Å². The topological polar surface area (TPSA) is 72.8 Å². The smallest absolute Gasteiger partial charge is 0.186 e. The molecule has 1 aromatic carbocycles. The summed E-state index contributed by atoms with van der Waals surface area (Å²) in [5.74, 6) is 0.745. The van der Waals surface area contributed by atoms with Crippen LogP contribution >= 0.6 is 0 Å². The van der Waals surface area contributed by atoms with E-state index in [0.717, 1.165) is 35.4 Å². The maximum Gasteiger partial charge on any atom is 0.186 e. The van der Waals surface area contributed by atoms with Crippen LogP contribution in [0.2, 0.25) is 0 Å². The molecule has 1 atom stereocenters. The minimum atomic E-state index is -0.184. The van der Waals surface area contributed by atoms with Gasteiger partial charge >= 0.3 is 0 Å². The molecule has 1 aromatic rings. The maximum absolute atomic E-state index is 12.8. The molecular weight excluding hydrogens is 426 g/mol. The Balaban J connectivity index is 1.45. The van der Waals surface area contributed by atoms with Gasteiger partial charge in [0.15, 0.2) is 5.78 Å². The Morgan fingerprint density at radius 2 is 1.97 bits per heavy atom. The van der Waals surface area contributed by atoms with E-state index < -0.39 is 0 Å². The van der Waals surface area contributed by atoms with Crippen LogP contribution in [-0.2, 0) is 16.0 Å². The van der Waals surface area contributed by atoms with Crippen molar-refractivity contribution in [1.29, 1.82) is 0 Å². The monoisotopic (exact) mass is 457 g/mol. The van der Waals surface area contributed by atoms with Crippen LogP contribution in [0.15, 0.2) is 70.9 Å². The number of aliphatic imine (C=N–C) groups is 1. The Morgan fingerprint density at radius 3 is 2.82 bits per heavy atom. The number of Topliss-reactive ketones (excluding diaryl/α,β-unsaturated/α-hetero) is 2. The van der Waals surface area contributed by atoms with Crippen molar-refractivity contribution < 1.29 is 19.1 Å². The molecular formula is C29H31NO4. The summed E-state index contributed by atoms with van der Waals surface area (Å²) in [7, 11) is 0. The lowest BCUT2D eigenvalue weighted by Gasteiger charge is -2.22. The van der Waals surface area contributed by atoms with E-state index in [1.165, 1.54) is 0 Å². The number of hydrogen-bond donors (Lipinski definition) is 0. The Labute approximate surface area is 201 Å². The van der Waals surface area contributed by atoms with E-state index in [-0.39, 0.29) is 23.3 Å². The molecule has 1 aliphatic heterocycles. The van der Waals surface area contributed by atoms with Crippen LogP contribution < -0.4 is 4.74 Å². The van der Waals surface area contributed by atoms with E-state index >= 15 is 0 Å². The number of hydrogen-bond acceptors (Lipinski definition) is 5. The number of carbonyl (C=O) groups excluding carboxylic acids is 3. The van der Waals surface area contributed by atoms with E-state index in [2.05, 4.69) is 6.08 Å². The van der Waals surface area contributed by atoms with Gasteiger partial charge in [-0.05, 0) is 57.2 Å². The summed E-state index contributed by atoms with van der Waals surface area (Å²) < 4.78 is 6.16. The van der Waals surface area contributed by atoms with Gasteiger partial charge in [0.2, 0.25) is 0 Å². The first-order valence-corrected chi connectivity index (χ1v) is 12.1. The number of rotatable bonds is 7. The highest BCUT2D eigenvalue weighted by molar-refractivity contribution is 6.08. The normalized spacial score (nSPS) is 21.3. The fourth-order valence-electron chi connectivity index (χ4n) is 4.72. The third-order valence-electron chi connectivity index (χ3n) is 6.56. The summed E-state index contributed by atoms with van der Waals surface area (Å²) in [6, 6.07) is 5.56. The second-order valence-electron chi connectivity index (χ2n) is 9.08. The quantitative estimate of drug-likeness (QED) is 0.389. The highest BCUT2D eigenvalue weighted by atomic mass is 16.5. The molecule has 1 fully saturated rings. The highest BCUT2D eigenvalue weighted by Gasteiger charge is 2.28. The van der Waals surface area contributed by atoms with Crippen molar-refractivity contribution in [2.75, 3.05) is 6.61 Å². The molecule has 0 radical (unpaired) electrons. The number of nitrogens with zero attached hydrogens (tertiary/aromatic N) is 1. The van der Waals surface area contributed by atoms with Crippen LogP contribution in [0.4, 0.5) is 0 Å². The van der Waals surface area contributed by atoms with Crippen molar-refractivity contribution in [3.63, 3.8) is 0 Å². The number of ketones is 3. The van der Waals surface area contributed by atoms with Crippen LogP contribution in [0.25, 0.3) is 0 Å². The summed E-state index contributed by atoms with van der Waals surface area (Å²) in [5.41, 5.74) is 4.37. The lowest BCUT2D eigenvalue weighted by Crippen LogP contribution is -2.18. The fourth-order valence-corrected chi connectivity index (χ4v) is 4.72. The second kappa shape index (κ2) is 11.2. The van der Waals surface area contributed by atoms with Crippen molar-refractivity contribution in [3.05, 3.63) is 77.1 Å². The van der Waals surface area contributed by atoms with Crippen molar-refractivity contribution >= 4 is 23.1 Å². The lowest BCUT2D eigenvalue weighted by molar-refractivity contribution is -0.124. The molecule has 0 spiro atoms.